The number of rotatable bonds is 6. The van der Waals surface area contributed by atoms with Gasteiger partial charge in [0, 0.05) is 45.6 Å². The van der Waals surface area contributed by atoms with Crippen LogP contribution in [-0.4, -0.2) is 72.1 Å². The van der Waals surface area contributed by atoms with Crippen LogP contribution < -0.4 is 5.32 Å². The van der Waals surface area contributed by atoms with Crippen molar-refractivity contribution < 1.29 is 14.7 Å². The quantitative estimate of drug-likeness (QED) is 0.742. The van der Waals surface area contributed by atoms with Gasteiger partial charge in [-0.2, -0.15) is 0 Å². The van der Waals surface area contributed by atoms with E-state index in [-0.39, 0.29) is 11.8 Å². The standard InChI is InChI=1S/C16H29N3O3/c1-18-11-7-16(22,8-12-18)13-17-14(20)5-4-10-19-9-3-2-6-15(19)21/h22H,2-13H2,1H3,(H,17,20). The first-order valence-electron chi connectivity index (χ1n) is 8.44. The van der Waals surface area contributed by atoms with Crippen molar-refractivity contribution in [3.8, 4) is 0 Å². The lowest BCUT2D eigenvalue weighted by Gasteiger charge is -2.36. The third-order valence-corrected chi connectivity index (χ3v) is 4.79. The van der Waals surface area contributed by atoms with E-state index >= 15 is 0 Å². The van der Waals surface area contributed by atoms with Gasteiger partial charge in [-0.1, -0.05) is 0 Å². The summed E-state index contributed by atoms with van der Waals surface area (Å²) < 4.78 is 0. The van der Waals surface area contributed by atoms with Crippen molar-refractivity contribution in [2.45, 2.75) is 50.5 Å². The molecule has 0 aromatic carbocycles. The lowest BCUT2D eigenvalue weighted by Crippen LogP contribution is -2.50. The van der Waals surface area contributed by atoms with Crippen molar-refractivity contribution in [1.29, 1.82) is 0 Å². The molecule has 0 atom stereocenters. The molecule has 2 amide bonds. The van der Waals surface area contributed by atoms with Gasteiger partial charge in [-0.3, -0.25) is 9.59 Å². The summed E-state index contributed by atoms with van der Waals surface area (Å²) in [6, 6.07) is 0. The van der Waals surface area contributed by atoms with Crippen LogP contribution in [0, 0.1) is 0 Å². The van der Waals surface area contributed by atoms with Gasteiger partial charge in [-0.05, 0) is 39.2 Å². The molecule has 22 heavy (non-hydrogen) atoms. The van der Waals surface area contributed by atoms with Gasteiger partial charge in [-0.25, -0.2) is 0 Å². The molecule has 2 N–H and O–H groups in total. The lowest BCUT2D eigenvalue weighted by atomic mass is 9.91. The number of aliphatic hydroxyl groups is 1. The van der Waals surface area contributed by atoms with E-state index in [1.807, 2.05) is 11.9 Å². The van der Waals surface area contributed by atoms with E-state index in [0.29, 0.717) is 45.2 Å². The summed E-state index contributed by atoms with van der Waals surface area (Å²) in [4.78, 5) is 27.6. The largest absolute Gasteiger partial charge is 0.388 e. The summed E-state index contributed by atoms with van der Waals surface area (Å²) in [7, 11) is 2.04. The number of carbonyl (C=O) groups is 2. The first-order chi connectivity index (χ1) is 10.5. The highest BCUT2D eigenvalue weighted by molar-refractivity contribution is 5.77. The SMILES string of the molecule is CN1CCC(O)(CNC(=O)CCCN2CCCCC2=O)CC1. The average molecular weight is 311 g/mol. The van der Waals surface area contributed by atoms with Gasteiger partial charge >= 0.3 is 0 Å². The second-order valence-electron chi connectivity index (χ2n) is 6.75. The van der Waals surface area contributed by atoms with E-state index in [2.05, 4.69) is 10.2 Å². The number of hydrogen-bond acceptors (Lipinski definition) is 4. The molecule has 0 aromatic heterocycles. The lowest BCUT2D eigenvalue weighted by molar-refractivity contribution is -0.133. The molecular weight excluding hydrogens is 282 g/mol. The maximum atomic E-state index is 11.9. The summed E-state index contributed by atoms with van der Waals surface area (Å²) in [6.07, 6.45) is 5.22. The zero-order valence-corrected chi connectivity index (χ0v) is 13.6. The van der Waals surface area contributed by atoms with Crippen LogP contribution in [0.4, 0.5) is 0 Å². The Balaban J connectivity index is 1.60. The molecule has 0 spiro atoms. The second-order valence-corrected chi connectivity index (χ2v) is 6.75. The van der Waals surface area contributed by atoms with Crippen molar-refractivity contribution in [2.75, 3.05) is 39.8 Å². The molecule has 2 aliphatic heterocycles. The fourth-order valence-electron chi connectivity index (χ4n) is 3.09. The second kappa shape index (κ2) is 7.92. The van der Waals surface area contributed by atoms with Crippen LogP contribution in [0.2, 0.25) is 0 Å². The van der Waals surface area contributed by atoms with Gasteiger partial charge in [-0.15, -0.1) is 0 Å². The molecule has 2 fully saturated rings. The van der Waals surface area contributed by atoms with Crippen molar-refractivity contribution in [1.82, 2.24) is 15.1 Å². The van der Waals surface area contributed by atoms with E-state index in [9.17, 15) is 14.7 Å². The van der Waals surface area contributed by atoms with Crippen LogP contribution >= 0.6 is 0 Å². The molecule has 6 nitrogen and oxygen atoms in total. The van der Waals surface area contributed by atoms with E-state index in [1.54, 1.807) is 0 Å². The van der Waals surface area contributed by atoms with Crippen molar-refractivity contribution >= 4 is 11.8 Å². The molecule has 2 heterocycles. The number of likely N-dealkylation sites (tertiary alicyclic amines) is 2. The topological polar surface area (TPSA) is 72.9 Å². The minimum Gasteiger partial charge on any atom is -0.388 e. The summed E-state index contributed by atoms with van der Waals surface area (Å²) in [5.74, 6) is 0.184. The number of hydrogen-bond donors (Lipinski definition) is 2. The van der Waals surface area contributed by atoms with Crippen LogP contribution in [0.1, 0.15) is 44.9 Å². The average Bonchev–Trinajstić information content (AvgIpc) is 2.51. The Bertz CT molecular complexity index is 392. The Kier molecular flexibility index (Phi) is 6.20. The molecule has 0 aromatic rings. The van der Waals surface area contributed by atoms with Crippen LogP contribution in [0.25, 0.3) is 0 Å². The molecule has 126 valence electrons. The van der Waals surface area contributed by atoms with E-state index in [4.69, 9.17) is 0 Å². The van der Waals surface area contributed by atoms with Crippen molar-refractivity contribution in [2.24, 2.45) is 0 Å². The molecule has 0 saturated carbocycles. The Hall–Kier alpha value is -1.14. The van der Waals surface area contributed by atoms with Gasteiger partial charge in [0.15, 0.2) is 0 Å². The molecule has 0 aliphatic carbocycles. The van der Waals surface area contributed by atoms with Crippen LogP contribution in [-0.2, 0) is 9.59 Å². The van der Waals surface area contributed by atoms with E-state index < -0.39 is 5.60 Å². The molecule has 6 heteroatoms. The summed E-state index contributed by atoms with van der Waals surface area (Å²) in [5, 5.41) is 13.3. The van der Waals surface area contributed by atoms with Gasteiger partial charge in [0.1, 0.15) is 0 Å². The highest BCUT2D eigenvalue weighted by atomic mass is 16.3. The maximum Gasteiger partial charge on any atom is 0.222 e. The monoisotopic (exact) mass is 311 g/mol. The fourth-order valence-corrected chi connectivity index (χ4v) is 3.09. The molecule has 0 bridgehead atoms. The van der Waals surface area contributed by atoms with Gasteiger partial charge in [0.2, 0.25) is 11.8 Å². The third-order valence-electron chi connectivity index (χ3n) is 4.79. The first-order valence-corrected chi connectivity index (χ1v) is 8.44. The smallest absolute Gasteiger partial charge is 0.222 e. The summed E-state index contributed by atoms with van der Waals surface area (Å²) in [5.41, 5.74) is -0.759. The molecular formula is C16H29N3O3. The first kappa shape index (κ1) is 17.2. The number of amides is 2. The van der Waals surface area contributed by atoms with Crippen molar-refractivity contribution in [3.05, 3.63) is 0 Å². The normalized spacial score (nSPS) is 22.6. The highest BCUT2D eigenvalue weighted by Gasteiger charge is 2.31. The van der Waals surface area contributed by atoms with Crippen LogP contribution in [0.5, 0.6) is 0 Å². The fraction of sp³-hybridized carbons (Fsp3) is 0.875. The zero-order valence-electron chi connectivity index (χ0n) is 13.6. The minimum absolute atomic E-state index is 0.0307. The Morgan fingerprint density at radius 2 is 2.00 bits per heavy atom. The Morgan fingerprint density at radius 1 is 1.27 bits per heavy atom. The molecule has 2 saturated heterocycles. The Morgan fingerprint density at radius 3 is 2.68 bits per heavy atom. The van der Waals surface area contributed by atoms with E-state index in [0.717, 1.165) is 32.5 Å². The minimum atomic E-state index is -0.759. The van der Waals surface area contributed by atoms with Gasteiger partial charge in [0.05, 0.1) is 5.60 Å². The number of carbonyl (C=O) groups excluding carboxylic acids is 2. The maximum absolute atomic E-state index is 11.9. The van der Waals surface area contributed by atoms with Gasteiger partial charge < -0.3 is 20.2 Å². The van der Waals surface area contributed by atoms with Gasteiger partial charge in [0.25, 0.3) is 0 Å². The predicted molar refractivity (Wildman–Crippen MR) is 84.4 cm³/mol. The highest BCUT2D eigenvalue weighted by Crippen LogP contribution is 2.20. The molecule has 0 radical (unpaired) electrons. The third kappa shape index (κ3) is 5.25. The number of nitrogens with one attached hydrogen (secondary N) is 1. The van der Waals surface area contributed by atoms with Crippen molar-refractivity contribution in [3.63, 3.8) is 0 Å². The predicted octanol–water partition coefficient (Wildman–Crippen LogP) is 0.352. The summed E-state index contributed by atoms with van der Waals surface area (Å²) in [6.45, 7) is 3.56. The van der Waals surface area contributed by atoms with E-state index in [1.165, 1.54) is 0 Å². The van der Waals surface area contributed by atoms with Crippen LogP contribution in [0.3, 0.4) is 0 Å². The summed E-state index contributed by atoms with van der Waals surface area (Å²) >= 11 is 0. The number of piperidine rings is 2. The molecule has 0 unspecified atom stereocenters. The van der Waals surface area contributed by atoms with Crippen LogP contribution in [0.15, 0.2) is 0 Å². The molecule has 2 aliphatic rings. The number of nitrogens with zero attached hydrogens (tertiary/aromatic N) is 2. The zero-order chi connectivity index (χ0) is 16.0. The Labute approximate surface area is 132 Å². The molecule has 2 rings (SSSR count).